The maximum Gasteiger partial charge on any atom is 0.379 e. The zero-order valence-electron chi connectivity index (χ0n) is 42.9. The van der Waals surface area contributed by atoms with Gasteiger partial charge in [-0.15, -0.1) is 0 Å². The summed E-state index contributed by atoms with van der Waals surface area (Å²) in [6.07, 6.45) is -1.47. The number of carbonyl (C=O) groups excluding carboxylic acids is 8. The second-order valence-corrected chi connectivity index (χ2v) is 20.6. The first-order valence-electron chi connectivity index (χ1n) is 23.7. The molecule has 0 aromatic heterocycles. The van der Waals surface area contributed by atoms with Gasteiger partial charge in [0.2, 0.25) is 0 Å². The molecule has 0 radical (unpaired) electrons. The van der Waals surface area contributed by atoms with Crippen LogP contribution in [0.15, 0.2) is 48.5 Å². The van der Waals surface area contributed by atoms with E-state index in [2.05, 4.69) is 0 Å². The number of rotatable bonds is 13. The number of ketones is 4. The molecule has 1 aliphatic rings. The molecule has 0 heterocycles. The minimum absolute atomic E-state index is 0.0961. The summed E-state index contributed by atoms with van der Waals surface area (Å²) >= 11 is 0. The van der Waals surface area contributed by atoms with E-state index in [1.54, 1.807) is 43.3 Å². The summed E-state index contributed by atoms with van der Waals surface area (Å²) in [6.45, 7) is 22.6. The van der Waals surface area contributed by atoms with E-state index in [9.17, 15) is 48.5 Å². The Kier molecular flexibility index (Phi) is 16.6. The van der Waals surface area contributed by atoms with E-state index in [1.165, 1.54) is 20.8 Å². The Morgan fingerprint density at radius 1 is 0.394 bits per heavy atom. The highest BCUT2D eigenvalue weighted by molar-refractivity contribution is 6.43. The van der Waals surface area contributed by atoms with E-state index in [-0.39, 0.29) is 106 Å². The van der Waals surface area contributed by atoms with Gasteiger partial charge in [-0.1, -0.05) is 98.7 Å². The largest absolute Gasteiger partial charge is 0.460 e. The van der Waals surface area contributed by atoms with Crippen LogP contribution in [0, 0.1) is 10.1 Å². The van der Waals surface area contributed by atoms with Crippen molar-refractivity contribution >= 4 is 52.7 Å². The number of nitro groups is 1. The molecule has 0 unspecified atom stereocenters. The molecule has 0 fully saturated rings. The zero-order chi connectivity index (χ0) is 53.1. The number of nitrogens with zero attached hydrogens (tertiary/aromatic N) is 1. The van der Waals surface area contributed by atoms with Crippen LogP contribution in [-0.4, -0.2) is 78.4 Å². The number of esters is 4. The fourth-order valence-electron chi connectivity index (χ4n) is 8.75. The maximum atomic E-state index is 14.8. The monoisotopic (exact) mass is 973 g/mol. The number of hydrogen-bond donors (Lipinski definition) is 0. The Morgan fingerprint density at radius 3 is 0.732 bits per heavy atom. The molecule has 0 aliphatic heterocycles. The lowest BCUT2D eigenvalue weighted by atomic mass is 9.76. The summed E-state index contributed by atoms with van der Waals surface area (Å²) in [5.74, 6) is -9.33. The zero-order valence-corrected chi connectivity index (χ0v) is 42.9. The van der Waals surface area contributed by atoms with Crippen LogP contribution in [0.1, 0.15) is 193 Å². The van der Waals surface area contributed by atoms with E-state index in [0.717, 1.165) is 12.1 Å². The molecule has 0 amide bonds. The quantitative estimate of drug-likeness (QED) is 0.0269. The highest BCUT2D eigenvalue weighted by Gasteiger charge is 2.36. The van der Waals surface area contributed by atoms with Crippen molar-refractivity contribution < 1.29 is 62.2 Å². The number of ether oxygens (including phenoxy) is 4. The Morgan fingerprint density at radius 2 is 0.577 bits per heavy atom. The smallest absolute Gasteiger partial charge is 0.379 e. The standard InChI is InChI=1S/C56H63NO14/c1-14-68-50(62)46(58)42-30-18-32-24-39(55(8,9)10)26-34(43(32)47(59)51(63)69-15-2)20-36-28-41(57(66)67)29-37(45(36)49(61)53(65)71-17-4)21-35-27-40(56(11,12)13)25-33(44(35)48(60)52(64)70-16-3)19-31(42)23-38(22-30)54(5,6)7/h22-29H,14-21H2,1-13H3. The van der Waals surface area contributed by atoms with Gasteiger partial charge in [0.25, 0.3) is 28.8 Å². The molecule has 0 spiro atoms. The van der Waals surface area contributed by atoms with Gasteiger partial charge in [-0.25, -0.2) is 19.2 Å². The molecular weight excluding hydrogens is 911 g/mol. The van der Waals surface area contributed by atoms with Crippen LogP contribution in [-0.2, 0) is 80.1 Å². The lowest BCUT2D eigenvalue weighted by molar-refractivity contribution is -0.385. The first-order valence-corrected chi connectivity index (χ1v) is 23.7. The number of hydrogen-bond acceptors (Lipinski definition) is 14. The van der Waals surface area contributed by atoms with E-state index in [0.29, 0.717) is 16.7 Å². The summed E-state index contributed by atoms with van der Waals surface area (Å²) in [4.78, 5) is 126. The Labute approximate surface area is 414 Å². The van der Waals surface area contributed by atoms with Gasteiger partial charge in [-0.3, -0.25) is 29.3 Å². The summed E-state index contributed by atoms with van der Waals surface area (Å²) in [5, 5.41) is 12.9. The minimum atomic E-state index is -1.29. The van der Waals surface area contributed by atoms with Gasteiger partial charge >= 0.3 is 23.9 Å². The third kappa shape index (κ3) is 12.1. The van der Waals surface area contributed by atoms with Crippen molar-refractivity contribution in [1.29, 1.82) is 0 Å². The average Bonchev–Trinajstić information content (AvgIpc) is 3.27. The van der Waals surface area contributed by atoms with Crippen LogP contribution in [0.2, 0.25) is 0 Å². The average molecular weight is 974 g/mol. The summed E-state index contributed by atoms with van der Waals surface area (Å²) < 4.78 is 21.1. The van der Waals surface area contributed by atoms with Crippen LogP contribution < -0.4 is 0 Å². The van der Waals surface area contributed by atoms with E-state index in [1.807, 2.05) is 62.3 Å². The number of nitro benzene ring substituents is 1. The van der Waals surface area contributed by atoms with Gasteiger partial charge in [-0.2, -0.15) is 0 Å². The van der Waals surface area contributed by atoms with Gasteiger partial charge in [-0.05, 0) is 131 Å². The van der Waals surface area contributed by atoms with Crippen LogP contribution >= 0.6 is 0 Å². The second-order valence-electron chi connectivity index (χ2n) is 20.6. The summed E-state index contributed by atoms with van der Waals surface area (Å²) in [6, 6.07) is 12.4. The van der Waals surface area contributed by atoms with Crippen molar-refractivity contribution in [3.63, 3.8) is 0 Å². The molecule has 376 valence electrons. The van der Waals surface area contributed by atoms with Gasteiger partial charge in [0.05, 0.1) is 31.4 Å². The second kappa shape index (κ2) is 21.5. The van der Waals surface area contributed by atoms with Crippen LogP contribution in [0.25, 0.3) is 0 Å². The minimum Gasteiger partial charge on any atom is -0.460 e. The first kappa shape index (κ1) is 54.8. The molecule has 71 heavy (non-hydrogen) atoms. The highest BCUT2D eigenvalue weighted by Crippen LogP contribution is 2.39. The predicted molar refractivity (Wildman–Crippen MR) is 264 cm³/mol. The molecule has 4 aromatic rings. The molecule has 0 saturated heterocycles. The molecule has 0 N–H and O–H groups in total. The summed E-state index contributed by atoms with van der Waals surface area (Å²) in [7, 11) is 0. The normalized spacial score (nSPS) is 12.6. The lowest BCUT2D eigenvalue weighted by Gasteiger charge is -2.28. The number of non-ortho nitro benzene ring substituents is 1. The van der Waals surface area contributed by atoms with Crippen molar-refractivity contribution in [1.82, 2.24) is 0 Å². The first-order chi connectivity index (χ1) is 33.1. The molecule has 1 aliphatic carbocycles. The Balaban J connectivity index is 2.18. The van der Waals surface area contributed by atoms with Crippen molar-refractivity contribution in [2.75, 3.05) is 26.4 Å². The van der Waals surface area contributed by atoms with Gasteiger partial charge in [0.15, 0.2) is 0 Å². The van der Waals surface area contributed by atoms with Crippen molar-refractivity contribution in [3.05, 3.63) is 142 Å². The Hall–Kier alpha value is -7.16. The van der Waals surface area contributed by atoms with E-state index < -0.39 is 86.7 Å². The van der Waals surface area contributed by atoms with Crippen molar-refractivity contribution in [2.45, 2.75) is 132 Å². The highest BCUT2D eigenvalue weighted by atomic mass is 16.6. The molecule has 0 saturated carbocycles. The van der Waals surface area contributed by atoms with Crippen LogP contribution in [0.3, 0.4) is 0 Å². The van der Waals surface area contributed by atoms with Crippen molar-refractivity contribution in [2.24, 2.45) is 0 Å². The molecule has 8 bridgehead atoms. The number of fused-ring (bicyclic) bond motifs is 8. The third-order valence-electron chi connectivity index (χ3n) is 12.3. The fourth-order valence-corrected chi connectivity index (χ4v) is 8.75. The number of Topliss-reactive ketones (excluding diaryl/α,β-unsaturated/α-hetero) is 4. The molecule has 15 nitrogen and oxygen atoms in total. The SMILES string of the molecule is CCOC(=O)C(=O)c1c2cc([N+](=O)[O-])cc1Cc1cc(C(C)(C)C)cc(c1C(=O)C(=O)OCC)Cc1cc(C(C)(C)C)cc(c1C(=O)C(=O)OCC)Cc1cc(C(C)(C)C)cc(c1C(=O)C(=O)OCC)C2. The van der Waals surface area contributed by atoms with Crippen LogP contribution in [0.4, 0.5) is 5.69 Å². The molecule has 4 aromatic carbocycles. The van der Waals surface area contributed by atoms with Gasteiger partial charge in [0, 0.05) is 34.4 Å². The number of carbonyl (C=O) groups is 8. The van der Waals surface area contributed by atoms with E-state index >= 15 is 0 Å². The Bertz CT molecular complexity index is 2740. The molecule has 5 rings (SSSR count). The third-order valence-corrected chi connectivity index (χ3v) is 12.3. The van der Waals surface area contributed by atoms with Crippen molar-refractivity contribution in [3.8, 4) is 0 Å². The summed E-state index contributed by atoms with van der Waals surface area (Å²) in [5.41, 5.74) is -0.459. The molecular formula is C56H63NO14. The van der Waals surface area contributed by atoms with Crippen LogP contribution in [0.5, 0.6) is 0 Å². The van der Waals surface area contributed by atoms with E-state index in [4.69, 9.17) is 18.9 Å². The lowest BCUT2D eigenvalue weighted by Crippen LogP contribution is -2.26. The molecule has 15 heteroatoms. The fraction of sp³-hybridized carbons (Fsp3) is 0.429. The topological polar surface area (TPSA) is 217 Å². The maximum absolute atomic E-state index is 14.8. The van der Waals surface area contributed by atoms with Gasteiger partial charge < -0.3 is 18.9 Å². The number of benzene rings is 4. The van der Waals surface area contributed by atoms with Gasteiger partial charge in [0.1, 0.15) is 0 Å². The predicted octanol–water partition coefficient (Wildman–Crippen LogP) is 9.15. The molecule has 0 atom stereocenters.